The summed E-state index contributed by atoms with van der Waals surface area (Å²) in [4.78, 5) is 32.0. The van der Waals surface area contributed by atoms with Gasteiger partial charge in [0.25, 0.3) is 0 Å². The molecular formula is C21H31N3O5. The summed E-state index contributed by atoms with van der Waals surface area (Å²) in [6.45, 7) is 9.21. The van der Waals surface area contributed by atoms with Gasteiger partial charge in [-0.2, -0.15) is 0 Å². The van der Waals surface area contributed by atoms with Crippen molar-refractivity contribution in [3.8, 4) is 5.75 Å². The second kappa shape index (κ2) is 8.49. The molecule has 1 saturated heterocycles. The third-order valence-corrected chi connectivity index (χ3v) is 5.25. The van der Waals surface area contributed by atoms with E-state index in [1.54, 1.807) is 32.9 Å². The molecule has 2 unspecified atom stereocenters. The summed E-state index contributed by atoms with van der Waals surface area (Å²) < 4.78 is 10.5. The summed E-state index contributed by atoms with van der Waals surface area (Å²) in [5, 5.41) is 4.65. The number of fused-ring (bicyclic) bond motifs is 1. The Balaban J connectivity index is 1.60. The predicted molar refractivity (Wildman–Crippen MR) is 109 cm³/mol. The molecule has 0 aliphatic carbocycles. The lowest BCUT2D eigenvalue weighted by molar-refractivity contribution is -0.165. The summed E-state index contributed by atoms with van der Waals surface area (Å²) >= 11 is 0. The highest BCUT2D eigenvalue weighted by Crippen LogP contribution is 2.29. The third-order valence-electron chi connectivity index (χ3n) is 5.25. The van der Waals surface area contributed by atoms with Crippen LogP contribution in [0, 0.1) is 5.92 Å². The summed E-state index contributed by atoms with van der Waals surface area (Å²) in [5.41, 5.74) is 1.30. The molecule has 2 atom stereocenters. The molecule has 1 aromatic carbocycles. The summed E-state index contributed by atoms with van der Waals surface area (Å²) in [6.07, 6.45) is 0.781. The molecule has 1 aromatic rings. The lowest BCUT2D eigenvalue weighted by Crippen LogP contribution is -2.53. The van der Waals surface area contributed by atoms with Crippen molar-refractivity contribution in [1.29, 1.82) is 0 Å². The van der Waals surface area contributed by atoms with Crippen LogP contribution in [-0.2, 0) is 16.0 Å². The lowest BCUT2D eigenvalue weighted by Gasteiger charge is -2.41. The van der Waals surface area contributed by atoms with Crippen LogP contribution in [0.4, 0.5) is 15.3 Å². The van der Waals surface area contributed by atoms with E-state index in [9.17, 15) is 9.59 Å². The number of carbonyl (C=O) groups excluding carboxylic acids is 2. The average molecular weight is 405 g/mol. The molecule has 0 radical (unpaired) electrons. The van der Waals surface area contributed by atoms with Gasteiger partial charge in [-0.25, -0.2) is 9.59 Å². The first kappa shape index (κ1) is 21.2. The monoisotopic (exact) mass is 405 g/mol. The van der Waals surface area contributed by atoms with Crippen LogP contribution < -0.4 is 10.1 Å². The summed E-state index contributed by atoms with van der Waals surface area (Å²) in [7, 11) is 1.64. The maximum absolute atomic E-state index is 12.9. The molecule has 2 aliphatic rings. The minimum absolute atomic E-state index is 0.0738. The van der Waals surface area contributed by atoms with E-state index in [0.717, 1.165) is 29.8 Å². The first-order chi connectivity index (χ1) is 13.7. The second-order valence-corrected chi connectivity index (χ2v) is 8.67. The topological polar surface area (TPSA) is 80.3 Å². The Bertz CT molecular complexity index is 761. The van der Waals surface area contributed by atoms with Gasteiger partial charge in [0.1, 0.15) is 11.4 Å². The average Bonchev–Trinajstić information content (AvgIpc) is 2.78. The summed E-state index contributed by atoms with van der Waals surface area (Å²) in [5.74, 6) is 0.931. The van der Waals surface area contributed by atoms with E-state index in [2.05, 4.69) is 12.2 Å². The van der Waals surface area contributed by atoms with E-state index in [1.165, 1.54) is 0 Å². The fraction of sp³-hybridized carbons (Fsp3) is 0.619. The molecule has 160 valence electrons. The maximum atomic E-state index is 12.9. The molecule has 0 saturated carbocycles. The summed E-state index contributed by atoms with van der Waals surface area (Å²) in [6, 6.07) is 5.69. The van der Waals surface area contributed by atoms with Crippen LogP contribution in [0.5, 0.6) is 5.75 Å². The molecule has 1 fully saturated rings. The molecule has 0 spiro atoms. The normalized spacial score (nSPS) is 22.9. The number of amides is 2. The van der Waals surface area contributed by atoms with Crippen LogP contribution >= 0.6 is 0 Å². The van der Waals surface area contributed by atoms with E-state index >= 15 is 0 Å². The van der Waals surface area contributed by atoms with Gasteiger partial charge in [0, 0.05) is 31.4 Å². The Labute approximate surface area is 172 Å². The van der Waals surface area contributed by atoms with Crippen LogP contribution in [0.3, 0.4) is 0 Å². The van der Waals surface area contributed by atoms with E-state index in [-0.39, 0.29) is 18.0 Å². The number of anilines is 1. The van der Waals surface area contributed by atoms with Crippen LogP contribution in [0.25, 0.3) is 0 Å². The Morgan fingerprint density at radius 2 is 2.00 bits per heavy atom. The zero-order valence-corrected chi connectivity index (χ0v) is 17.9. The molecule has 3 rings (SSSR count). The fourth-order valence-corrected chi connectivity index (χ4v) is 3.89. The van der Waals surface area contributed by atoms with E-state index < -0.39 is 11.8 Å². The Kier molecular flexibility index (Phi) is 6.21. The molecule has 2 amide bonds. The van der Waals surface area contributed by atoms with Gasteiger partial charge in [-0.05, 0) is 63.3 Å². The van der Waals surface area contributed by atoms with Crippen molar-refractivity contribution in [1.82, 2.24) is 9.96 Å². The van der Waals surface area contributed by atoms with Crippen LogP contribution in [0.1, 0.15) is 39.7 Å². The Hall–Kier alpha value is -2.48. The quantitative estimate of drug-likeness (QED) is 0.773. The maximum Gasteiger partial charge on any atom is 0.528 e. The number of hydrogen-bond acceptors (Lipinski definition) is 6. The number of piperidine rings is 1. The number of ether oxygens (including phenoxy) is 2. The standard InChI is InChI=1S/C21H31N3O5/c1-14-13-23(29-20(26)28-21(2,3)4)10-9-18(14)24-11-8-15-12-16(27-5)6-7-17(15)22-19(24)25/h6-7,12,14,18H,8-11,13H2,1-5H3,(H,22,25). The van der Waals surface area contributed by atoms with Crippen LogP contribution in [0.15, 0.2) is 18.2 Å². The largest absolute Gasteiger partial charge is 0.528 e. The van der Waals surface area contributed by atoms with Crippen molar-refractivity contribution in [2.75, 3.05) is 32.1 Å². The number of rotatable bonds is 3. The number of nitrogens with one attached hydrogen (secondary N) is 1. The highest BCUT2D eigenvalue weighted by Gasteiger charge is 2.36. The minimum atomic E-state index is -0.694. The smallest absolute Gasteiger partial charge is 0.497 e. The van der Waals surface area contributed by atoms with Gasteiger partial charge in [0.2, 0.25) is 0 Å². The fourth-order valence-electron chi connectivity index (χ4n) is 3.89. The van der Waals surface area contributed by atoms with E-state index in [4.69, 9.17) is 14.3 Å². The zero-order chi connectivity index (χ0) is 21.2. The van der Waals surface area contributed by atoms with Gasteiger partial charge in [-0.3, -0.25) is 0 Å². The van der Waals surface area contributed by atoms with Gasteiger partial charge in [-0.15, -0.1) is 5.06 Å². The first-order valence-electron chi connectivity index (χ1n) is 10.1. The van der Waals surface area contributed by atoms with Crippen molar-refractivity contribution in [3.63, 3.8) is 0 Å². The lowest BCUT2D eigenvalue weighted by atomic mass is 9.93. The van der Waals surface area contributed by atoms with Crippen molar-refractivity contribution in [3.05, 3.63) is 23.8 Å². The molecule has 0 aromatic heterocycles. The number of carbonyl (C=O) groups is 2. The van der Waals surface area contributed by atoms with Crippen molar-refractivity contribution in [2.45, 2.75) is 52.2 Å². The van der Waals surface area contributed by atoms with Crippen molar-refractivity contribution >= 4 is 17.9 Å². The minimum Gasteiger partial charge on any atom is -0.497 e. The van der Waals surface area contributed by atoms with Crippen LogP contribution in [0.2, 0.25) is 0 Å². The predicted octanol–water partition coefficient (Wildman–Crippen LogP) is 3.66. The zero-order valence-electron chi connectivity index (χ0n) is 17.9. The second-order valence-electron chi connectivity index (χ2n) is 8.67. The Morgan fingerprint density at radius 1 is 1.24 bits per heavy atom. The molecule has 8 nitrogen and oxygen atoms in total. The SMILES string of the molecule is COc1ccc2c(c1)CCN(C1CCN(OC(=O)OC(C)(C)C)CC1C)C(=O)N2. The van der Waals surface area contributed by atoms with Gasteiger partial charge in [-0.1, -0.05) is 6.92 Å². The highest BCUT2D eigenvalue weighted by atomic mass is 16.8. The Morgan fingerprint density at radius 3 is 2.66 bits per heavy atom. The van der Waals surface area contributed by atoms with Crippen molar-refractivity contribution < 1.29 is 23.9 Å². The first-order valence-corrected chi connectivity index (χ1v) is 10.1. The molecule has 2 aliphatic heterocycles. The molecule has 2 heterocycles. The number of hydrogen-bond donors (Lipinski definition) is 1. The van der Waals surface area contributed by atoms with E-state index in [0.29, 0.717) is 19.6 Å². The number of methoxy groups -OCH3 is 1. The third kappa shape index (κ3) is 5.32. The van der Waals surface area contributed by atoms with Crippen molar-refractivity contribution in [2.24, 2.45) is 5.92 Å². The number of hydroxylamine groups is 2. The van der Waals surface area contributed by atoms with Gasteiger partial charge in [0.15, 0.2) is 0 Å². The van der Waals surface area contributed by atoms with Gasteiger partial charge in [0.05, 0.1) is 7.11 Å². The van der Waals surface area contributed by atoms with Gasteiger partial charge < -0.3 is 24.5 Å². The molecule has 1 N–H and O–H groups in total. The molecule has 0 bridgehead atoms. The van der Waals surface area contributed by atoms with Crippen LogP contribution in [-0.4, -0.2) is 60.5 Å². The number of benzene rings is 1. The van der Waals surface area contributed by atoms with E-state index in [1.807, 2.05) is 23.1 Å². The number of urea groups is 1. The molecule has 29 heavy (non-hydrogen) atoms. The molecular weight excluding hydrogens is 374 g/mol. The van der Waals surface area contributed by atoms with Gasteiger partial charge >= 0.3 is 12.2 Å². The molecule has 8 heteroatoms. The number of nitrogens with zero attached hydrogens (tertiary/aromatic N) is 2. The highest BCUT2D eigenvalue weighted by molar-refractivity contribution is 5.91.